The Kier molecular flexibility index (Phi) is 2.60. The number of rotatable bonds is 2. The van der Waals surface area contributed by atoms with Crippen LogP contribution in [0.4, 0.5) is 0 Å². The molecule has 3 aliphatic carbocycles. The Morgan fingerprint density at radius 3 is 2.43 bits per heavy atom. The van der Waals surface area contributed by atoms with E-state index >= 15 is 0 Å². The fourth-order valence-corrected chi connectivity index (χ4v) is 5.71. The van der Waals surface area contributed by atoms with Crippen molar-refractivity contribution in [2.24, 2.45) is 22.7 Å². The zero-order chi connectivity index (χ0) is 15.0. The van der Waals surface area contributed by atoms with E-state index in [1.165, 1.54) is 19.3 Å². The Morgan fingerprint density at radius 1 is 1.14 bits per heavy atom. The Balaban J connectivity index is 1.68. The van der Waals surface area contributed by atoms with Crippen LogP contribution in [0.25, 0.3) is 0 Å². The van der Waals surface area contributed by atoms with Crippen molar-refractivity contribution in [1.82, 2.24) is 10.2 Å². The second kappa shape index (κ2) is 4.02. The molecule has 0 aromatic heterocycles. The van der Waals surface area contributed by atoms with Gasteiger partial charge in [0.05, 0.1) is 6.54 Å². The molecular weight excluding hydrogens is 264 g/mol. The van der Waals surface area contributed by atoms with Crippen LogP contribution < -0.4 is 5.32 Å². The number of nitrogens with zero attached hydrogens (tertiary/aromatic N) is 1. The maximum atomic E-state index is 13.0. The SMILES string of the molecule is CC12CCC(C1)C(C)(C)C2N1CC(=O)NC(C2CC2)C1=O. The number of amides is 2. The minimum atomic E-state index is -0.246. The van der Waals surface area contributed by atoms with E-state index in [4.69, 9.17) is 0 Å². The molecule has 0 radical (unpaired) electrons. The van der Waals surface area contributed by atoms with E-state index in [9.17, 15) is 9.59 Å². The number of hydrogen-bond acceptors (Lipinski definition) is 2. The quantitative estimate of drug-likeness (QED) is 0.845. The summed E-state index contributed by atoms with van der Waals surface area (Å²) in [5.41, 5.74) is 0.337. The average molecular weight is 290 g/mol. The number of carbonyl (C=O) groups excluding carboxylic acids is 2. The van der Waals surface area contributed by atoms with E-state index in [1.54, 1.807) is 0 Å². The molecule has 21 heavy (non-hydrogen) atoms. The van der Waals surface area contributed by atoms with Crippen molar-refractivity contribution in [3.8, 4) is 0 Å². The Bertz CT molecular complexity index is 506. The number of fused-ring (bicyclic) bond motifs is 2. The molecule has 2 amide bonds. The molecule has 4 rings (SSSR count). The molecular formula is C17H26N2O2. The predicted octanol–water partition coefficient (Wildman–Crippen LogP) is 1.94. The third-order valence-corrected chi connectivity index (χ3v) is 6.78. The van der Waals surface area contributed by atoms with Gasteiger partial charge in [0.1, 0.15) is 6.04 Å². The van der Waals surface area contributed by atoms with Gasteiger partial charge in [-0.3, -0.25) is 9.59 Å². The highest BCUT2D eigenvalue weighted by Crippen LogP contribution is 2.64. The van der Waals surface area contributed by atoms with Crippen molar-refractivity contribution < 1.29 is 9.59 Å². The number of hydrogen-bond donors (Lipinski definition) is 1. The maximum Gasteiger partial charge on any atom is 0.246 e. The van der Waals surface area contributed by atoms with Crippen molar-refractivity contribution in [3.05, 3.63) is 0 Å². The van der Waals surface area contributed by atoms with Crippen LogP contribution in [0.2, 0.25) is 0 Å². The topological polar surface area (TPSA) is 49.4 Å². The maximum absolute atomic E-state index is 13.0. The summed E-state index contributed by atoms with van der Waals surface area (Å²) >= 11 is 0. The molecule has 4 heteroatoms. The Hall–Kier alpha value is -1.06. The summed E-state index contributed by atoms with van der Waals surface area (Å²) < 4.78 is 0. The van der Waals surface area contributed by atoms with E-state index in [1.807, 2.05) is 4.90 Å². The molecule has 0 aromatic carbocycles. The summed E-state index contributed by atoms with van der Waals surface area (Å²) in [6.07, 6.45) is 5.85. The van der Waals surface area contributed by atoms with Crippen LogP contribution >= 0.6 is 0 Å². The van der Waals surface area contributed by atoms with E-state index in [2.05, 4.69) is 26.1 Å². The van der Waals surface area contributed by atoms with Gasteiger partial charge in [0.25, 0.3) is 0 Å². The molecule has 116 valence electrons. The van der Waals surface area contributed by atoms with Crippen LogP contribution in [0.1, 0.15) is 52.9 Å². The van der Waals surface area contributed by atoms with Gasteiger partial charge in [0.2, 0.25) is 11.8 Å². The highest BCUT2D eigenvalue weighted by Gasteiger charge is 2.63. The monoisotopic (exact) mass is 290 g/mol. The minimum absolute atomic E-state index is 0.0358. The van der Waals surface area contributed by atoms with Gasteiger partial charge in [0, 0.05) is 6.04 Å². The predicted molar refractivity (Wildman–Crippen MR) is 79.4 cm³/mol. The van der Waals surface area contributed by atoms with Gasteiger partial charge in [-0.25, -0.2) is 0 Å². The average Bonchev–Trinajstić information content (AvgIpc) is 3.12. The molecule has 4 nitrogen and oxygen atoms in total. The minimum Gasteiger partial charge on any atom is -0.342 e. The molecule has 0 spiro atoms. The third kappa shape index (κ3) is 1.80. The molecule has 4 atom stereocenters. The number of carbonyl (C=O) groups is 2. The van der Waals surface area contributed by atoms with Gasteiger partial charge < -0.3 is 10.2 Å². The third-order valence-electron chi connectivity index (χ3n) is 6.78. The highest BCUT2D eigenvalue weighted by atomic mass is 16.2. The zero-order valence-corrected chi connectivity index (χ0v) is 13.3. The largest absolute Gasteiger partial charge is 0.342 e. The van der Waals surface area contributed by atoms with Crippen LogP contribution in [0.3, 0.4) is 0 Å². The van der Waals surface area contributed by atoms with E-state index in [-0.39, 0.29) is 41.3 Å². The first kappa shape index (κ1) is 13.6. The van der Waals surface area contributed by atoms with Gasteiger partial charge in [-0.2, -0.15) is 0 Å². The fourth-order valence-electron chi connectivity index (χ4n) is 5.71. The second-order valence-electron chi connectivity index (χ2n) is 8.67. The van der Waals surface area contributed by atoms with E-state index in [0.29, 0.717) is 11.8 Å². The standard InChI is InChI=1S/C17H26N2O2/c1-16(2)11-6-7-17(3,8-11)15(16)19-9-12(20)18-13(14(19)21)10-4-5-10/h10-11,13,15H,4-9H2,1-3H3,(H,18,20). The van der Waals surface area contributed by atoms with Crippen molar-refractivity contribution in [1.29, 1.82) is 0 Å². The normalized spacial score (nSPS) is 45.1. The lowest BCUT2D eigenvalue weighted by Crippen LogP contribution is -2.65. The van der Waals surface area contributed by atoms with Crippen LogP contribution in [-0.2, 0) is 9.59 Å². The van der Waals surface area contributed by atoms with Gasteiger partial charge >= 0.3 is 0 Å². The summed E-state index contributed by atoms with van der Waals surface area (Å²) in [4.78, 5) is 27.1. The zero-order valence-electron chi connectivity index (χ0n) is 13.3. The van der Waals surface area contributed by atoms with Gasteiger partial charge in [-0.15, -0.1) is 0 Å². The van der Waals surface area contributed by atoms with Crippen molar-refractivity contribution in [2.45, 2.75) is 65.0 Å². The molecule has 1 saturated heterocycles. The molecule has 0 aromatic rings. The molecule has 1 heterocycles. The van der Waals surface area contributed by atoms with Gasteiger partial charge in [-0.1, -0.05) is 20.8 Å². The second-order valence-corrected chi connectivity index (χ2v) is 8.67. The first-order valence-electron chi connectivity index (χ1n) is 8.43. The summed E-state index contributed by atoms with van der Waals surface area (Å²) in [6.45, 7) is 7.20. The summed E-state index contributed by atoms with van der Waals surface area (Å²) in [6, 6.07) is -0.0201. The summed E-state index contributed by atoms with van der Waals surface area (Å²) in [7, 11) is 0. The lowest BCUT2D eigenvalue weighted by molar-refractivity contribution is -0.153. The van der Waals surface area contributed by atoms with Crippen LogP contribution in [0.5, 0.6) is 0 Å². The molecule has 3 saturated carbocycles. The Morgan fingerprint density at radius 2 is 1.86 bits per heavy atom. The van der Waals surface area contributed by atoms with E-state index in [0.717, 1.165) is 12.8 Å². The van der Waals surface area contributed by atoms with Gasteiger partial charge in [-0.05, 0) is 54.8 Å². The van der Waals surface area contributed by atoms with Gasteiger partial charge in [0.15, 0.2) is 0 Å². The van der Waals surface area contributed by atoms with Crippen molar-refractivity contribution >= 4 is 11.8 Å². The van der Waals surface area contributed by atoms with Crippen molar-refractivity contribution in [3.63, 3.8) is 0 Å². The Labute approximate surface area is 126 Å². The van der Waals surface area contributed by atoms with Crippen molar-refractivity contribution in [2.75, 3.05) is 6.54 Å². The summed E-state index contributed by atoms with van der Waals surface area (Å²) in [5, 5.41) is 2.94. The number of piperazine rings is 1. The first-order chi connectivity index (χ1) is 9.83. The lowest BCUT2D eigenvalue weighted by atomic mass is 9.67. The lowest BCUT2D eigenvalue weighted by Gasteiger charge is -2.50. The smallest absolute Gasteiger partial charge is 0.246 e. The van der Waals surface area contributed by atoms with Crippen LogP contribution in [-0.4, -0.2) is 35.3 Å². The molecule has 4 fully saturated rings. The molecule has 2 bridgehead atoms. The number of nitrogens with one attached hydrogen (secondary N) is 1. The summed E-state index contributed by atoms with van der Waals surface area (Å²) in [5.74, 6) is 1.31. The molecule has 4 unspecified atom stereocenters. The van der Waals surface area contributed by atoms with E-state index < -0.39 is 0 Å². The fraction of sp³-hybridized carbons (Fsp3) is 0.882. The molecule has 1 aliphatic heterocycles. The first-order valence-corrected chi connectivity index (χ1v) is 8.43. The highest BCUT2D eigenvalue weighted by molar-refractivity contribution is 5.95. The van der Waals surface area contributed by atoms with Crippen LogP contribution in [0.15, 0.2) is 0 Å². The molecule has 1 N–H and O–H groups in total. The molecule has 4 aliphatic rings. The van der Waals surface area contributed by atoms with Crippen LogP contribution in [0, 0.1) is 22.7 Å².